The maximum Gasteiger partial charge on any atom is 0.0852 e. The highest BCUT2D eigenvalue weighted by Crippen LogP contribution is 2.01. The summed E-state index contributed by atoms with van der Waals surface area (Å²) in [6.45, 7) is 6.24. The zero-order valence-corrected chi connectivity index (χ0v) is 10.3. The Morgan fingerprint density at radius 2 is 2.19 bits per heavy atom. The van der Waals surface area contributed by atoms with Crippen LogP contribution in [0.3, 0.4) is 0 Å². The molecule has 1 rings (SSSR count). The van der Waals surface area contributed by atoms with Crippen LogP contribution in [0.4, 0.5) is 0 Å². The van der Waals surface area contributed by atoms with Crippen LogP contribution in [-0.2, 0) is 22.9 Å². The van der Waals surface area contributed by atoms with Gasteiger partial charge in [-0.1, -0.05) is 12.1 Å². The third-order valence-electron chi connectivity index (χ3n) is 2.13. The summed E-state index contributed by atoms with van der Waals surface area (Å²) in [7, 11) is 1.86. The highest BCUT2D eigenvalue weighted by atomic mass is 16.5. The minimum absolute atomic E-state index is 0.155. The molecule has 5 nitrogen and oxygen atoms in total. The molecule has 0 aromatic carbocycles. The fraction of sp³-hybridized carbons (Fsp3) is 0.818. The van der Waals surface area contributed by atoms with Gasteiger partial charge in [-0.05, 0) is 13.3 Å². The predicted octanol–water partition coefficient (Wildman–Crippen LogP) is 1.19. The molecule has 0 N–H and O–H groups in total. The highest BCUT2D eigenvalue weighted by molar-refractivity contribution is 4.93. The number of nitrogens with zero attached hydrogens (tertiary/aromatic N) is 3. The topological polar surface area (TPSA) is 49.2 Å². The Labute approximate surface area is 96.7 Å². The van der Waals surface area contributed by atoms with Gasteiger partial charge in [0.1, 0.15) is 0 Å². The predicted molar refractivity (Wildman–Crippen MR) is 61.2 cm³/mol. The molecule has 1 aromatic rings. The van der Waals surface area contributed by atoms with Gasteiger partial charge in [-0.15, -0.1) is 5.10 Å². The molecule has 0 bridgehead atoms. The van der Waals surface area contributed by atoms with Crippen molar-refractivity contribution in [3.63, 3.8) is 0 Å². The zero-order valence-electron chi connectivity index (χ0n) is 10.3. The summed E-state index contributed by atoms with van der Waals surface area (Å²) in [5.74, 6) is 0. The summed E-state index contributed by atoms with van der Waals surface area (Å²) in [5, 5.41) is 7.89. The summed E-state index contributed by atoms with van der Waals surface area (Å²) in [6.07, 6.45) is 3.91. The second-order valence-corrected chi connectivity index (χ2v) is 3.88. The normalized spacial score (nSPS) is 12.9. The molecule has 0 radical (unpaired) electrons. The van der Waals surface area contributed by atoms with Crippen molar-refractivity contribution >= 4 is 0 Å². The summed E-state index contributed by atoms with van der Waals surface area (Å²) in [4.78, 5) is 0. The minimum Gasteiger partial charge on any atom is -0.379 e. The first-order valence-corrected chi connectivity index (χ1v) is 5.77. The van der Waals surface area contributed by atoms with E-state index in [0.717, 1.165) is 25.1 Å². The summed E-state index contributed by atoms with van der Waals surface area (Å²) in [5.41, 5.74) is 0.962. The molecule has 0 aliphatic carbocycles. The molecular weight excluding hydrogens is 206 g/mol. The van der Waals surface area contributed by atoms with Gasteiger partial charge in [0.25, 0.3) is 0 Å². The van der Waals surface area contributed by atoms with Crippen LogP contribution in [0.25, 0.3) is 0 Å². The van der Waals surface area contributed by atoms with Crippen molar-refractivity contribution in [3.05, 3.63) is 11.9 Å². The van der Waals surface area contributed by atoms with Crippen molar-refractivity contribution in [2.75, 3.05) is 19.8 Å². The van der Waals surface area contributed by atoms with E-state index in [1.807, 2.05) is 20.2 Å². The molecule has 0 fully saturated rings. The molecule has 92 valence electrons. The molecule has 0 saturated carbocycles. The van der Waals surface area contributed by atoms with E-state index in [4.69, 9.17) is 9.47 Å². The SMILES string of the molecule is CCCOCCOC(C)Cc1cn(C)nn1. The van der Waals surface area contributed by atoms with E-state index in [2.05, 4.69) is 17.2 Å². The lowest BCUT2D eigenvalue weighted by Crippen LogP contribution is -2.15. The van der Waals surface area contributed by atoms with Gasteiger partial charge in [-0.3, -0.25) is 4.68 Å². The van der Waals surface area contributed by atoms with Crippen molar-refractivity contribution in [1.82, 2.24) is 15.0 Å². The van der Waals surface area contributed by atoms with Crippen LogP contribution in [-0.4, -0.2) is 40.9 Å². The number of hydrogen-bond donors (Lipinski definition) is 0. The van der Waals surface area contributed by atoms with Gasteiger partial charge in [-0.25, -0.2) is 0 Å². The average Bonchev–Trinajstić information content (AvgIpc) is 2.63. The van der Waals surface area contributed by atoms with Crippen LogP contribution in [0.1, 0.15) is 26.0 Å². The monoisotopic (exact) mass is 227 g/mol. The lowest BCUT2D eigenvalue weighted by atomic mass is 10.2. The van der Waals surface area contributed by atoms with Crippen LogP contribution >= 0.6 is 0 Å². The molecule has 0 saturated heterocycles. The number of ether oxygens (including phenoxy) is 2. The number of aromatic nitrogens is 3. The standard InChI is InChI=1S/C11H21N3O2/c1-4-5-15-6-7-16-10(2)8-11-9-14(3)13-12-11/h9-10H,4-8H2,1-3H3. The summed E-state index contributed by atoms with van der Waals surface area (Å²) >= 11 is 0. The van der Waals surface area contributed by atoms with Gasteiger partial charge in [0.15, 0.2) is 0 Å². The molecule has 0 aliphatic heterocycles. The Hall–Kier alpha value is -0.940. The first kappa shape index (κ1) is 13.1. The van der Waals surface area contributed by atoms with E-state index in [1.54, 1.807) is 4.68 Å². The van der Waals surface area contributed by atoms with Gasteiger partial charge in [-0.2, -0.15) is 0 Å². The van der Waals surface area contributed by atoms with Gasteiger partial charge in [0.2, 0.25) is 0 Å². The third kappa shape index (κ3) is 5.23. The average molecular weight is 227 g/mol. The number of hydrogen-bond acceptors (Lipinski definition) is 4. The second kappa shape index (κ2) is 7.35. The number of aryl methyl sites for hydroxylation is 1. The summed E-state index contributed by atoms with van der Waals surface area (Å²) < 4.78 is 12.6. The fourth-order valence-electron chi connectivity index (χ4n) is 1.40. The molecule has 0 amide bonds. The van der Waals surface area contributed by atoms with Crippen molar-refractivity contribution in [3.8, 4) is 0 Å². The molecule has 5 heteroatoms. The molecule has 1 atom stereocenters. The Morgan fingerprint density at radius 3 is 2.81 bits per heavy atom. The van der Waals surface area contributed by atoms with Crippen LogP contribution in [0.15, 0.2) is 6.20 Å². The van der Waals surface area contributed by atoms with E-state index in [1.165, 1.54) is 0 Å². The van der Waals surface area contributed by atoms with Crippen LogP contribution in [0, 0.1) is 0 Å². The Bertz CT molecular complexity index is 289. The quantitative estimate of drug-likeness (QED) is 0.626. The van der Waals surface area contributed by atoms with Crippen LogP contribution in [0.2, 0.25) is 0 Å². The van der Waals surface area contributed by atoms with Gasteiger partial charge >= 0.3 is 0 Å². The molecule has 16 heavy (non-hydrogen) atoms. The maximum atomic E-state index is 5.60. The molecule has 1 heterocycles. The smallest absolute Gasteiger partial charge is 0.0852 e. The van der Waals surface area contributed by atoms with E-state index < -0.39 is 0 Å². The van der Waals surface area contributed by atoms with Crippen molar-refractivity contribution in [2.24, 2.45) is 7.05 Å². The van der Waals surface area contributed by atoms with Crippen molar-refractivity contribution < 1.29 is 9.47 Å². The first-order chi connectivity index (χ1) is 7.72. The number of rotatable bonds is 8. The highest BCUT2D eigenvalue weighted by Gasteiger charge is 2.06. The minimum atomic E-state index is 0.155. The van der Waals surface area contributed by atoms with Gasteiger partial charge in [0.05, 0.1) is 25.0 Å². The molecule has 0 aliphatic rings. The lowest BCUT2D eigenvalue weighted by molar-refractivity contribution is 0.0125. The van der Waals surface area contributed by atoms with E-state index in [-0.39, 0.29) is 6.10 Å². The van der Waals surface area contributed by atoms with Crippen LogP contribution in [0.5, 0.6) is 0 Å². The van der Waals surface area contributed by atoms with Crippen molar-refractivity contribution in [1.29, 1.82) is 0 Å². The first-order valence-electron chi connectivity index (χ1n) is 5.77. The molecular formula is C11H21N3O2. The Balaban J connectivity index is 2.09. The fourth-order valence-corrected chi connectivity index (χ4v) is 1.40. The lowest BCUT2D eigenvalue weighted by Gasteiger charge is -2.11. The largest absolute Gasteiger partial charge is 0.379 e. The maximum absolute atomic E-state index is 5.60. The van der Waals surface area contributed by atoms with E-state index >= 15 is 0 Å². The van der Waals surface area contributed by atoms with E-state index in [0.29, 0.717) is 13.2 Å². The van der Waals surface area contributed by atoms with Crippen molar-refractivity contribution in [2.45, 2.75) is 32.8 Å². The molecule has 1 aromatic heterocycles. The Morgan fingerprint density at radius 1 is 1.38 bits per heavy atom. The van der Waals surface area contributed by atoms with E-state index in [9.17, 15) is 0 Å². The molecule has 1 unspecified atom stereocenters. The van der Waals surface area contributed by atoms with Gasteiger partial charge in [0, 0.05) is 26.3 Å². The Kier molecular flexibility index (Phi) is 6.03. The zero-order chi connectivity index (χ0) is 11.8. The van der Waals surface area contributed by atoms with Gasteiger partial charge < -0.3 is 9.47 Å². The van der Waals surface area contributed by atoms with Crippen LogP contribution < -0.4 is 0 Å². The summed E-state index contributed by atoms with van der Waals surface area (Å²) in [6, 6.07) is 0. The second-order valence-electron chi connectivity index (χ2n) is 3.88. The third-order valence-corrected chi connectivity index (χ3v) is 2.13. The molecule has 0 spiro atoms.